The van der Waals surface area contributed by atoms with Gasteiger partial charge in [0.25, 0.3) is 5.56 Å². The summed E-state index contributed by atoms with van der Waals surface area (Å²) in [4.78, 5) is 35.2. The quantitative estimate of drug-likeness (QED) is 0.187. The Morgan fingerprint density at radius 3 is 2.78 bits per heavy atom. The number of nitrogens with zero attached hydrogens (tertiary/aromatic N) is 3. The number of rotatable bonds is 11. The van der Waals surface area contributed by atoms with E-state index in [2.05, 4.69) is 20.0 Å². The van der Waals surface area contributed by atoms with Crippen molar-refractivity contribution in [2.24, 2.45) is 5.92 Å². The van der Waals surface area contributed by atoms with E-state index in [0.29, 0.717) is 0 Å². The molecule has 1 aromatic carbocycles. The number of para-hydroxylation sites is 1. The van der Waals surface area contributed by atoms with Crippen molar-refractivity contribution in [1.29, 1.82) is 0 Å². The molecule has 41 heavy (non-hydrogen) atoms. The first-order valence-corrected chi connectivity index (χ1v) is 14.8. The first kappa shape index (κ1) is 29.1. The molecular weight excluding hydrogens is 562 g/mol. The lowest BCUT2D eigenvalue weighted by atomic mass is 10.0. The van der Waals surface area contributed by atoms with Gasteiger partial charge in [-0.15, -0.1) is 0 Å². The van der Waals surface area contributed by atoms with Crippen LogP contribution in [0.1, 0.15) is 38.8 Å². The number of hydrogen-bond acceptors (Lipinski definition) is 11. The zero-order valence-electron chi connectivity index (χ0n) is 22.2. The van der Waals surface area contributed by atoms with Gasteiger partial charge in [0.05, 0.1) is 25.7 Å². The lowest BCUT2D eigenvalue weighted by molar-refractivity contribution is -0.150. The van der Waals surface area contributed by atoms with Crippen molar-refractivity contribution < 1.29 is 37.4 Å². The number of esters is 1. The fourth-order valence-corrected chi connectivity index (χ4v) is 6.45. The van der Waals surface area contributed by atoms with Crippen LogP contribution in [0.25, 0.3) is 11.2 Å². The van der Waals surface area contributed by atoms with E-state index in [1.165, 1.54) is 17.8 Å². The molecule has 0 radical (unpaired) electrons. The molecule has 1 saturated carbocycles. The van der Waals surface area contributed by atoms with Crippen LogP contribution in [0.15, 0.2) is 41.5 Å². The topological polar surface area (TPSA) is 193 Å². The van der Waals surface area contributed by atoms with Gasteiger partial charge in [0.1, 0.15) is 24.0 Å². The fourth-order valence-electron chi connectivity index (χ4n) is 4.95. The molecule has 2 fully saturated rings. The third kappa shape index (κ3) is 6.44. The average Bonchev–Trinajstić information content (AvgIpc) is 3.67. The molecular formula is C25H32FN6O8P. The molecule has 5 N–H and O–H groups in total. The standard InChI is InChI=1S/C25H32FN6O8P/c1-14(24(35)38-15-7-5-6-8-15)31-41(36,40-16-9-3-2-4-10-16)37-12-18-17(11-26)20(33)23(39-18)32-13-28-19-21(32)29-25(27)30-22(19)34/h2-4,9-10,13-15,17-18,20,23,33H,5-8,11-12H2,1H3,(H,31,36)(H3,27,29,30,34). The van der Waals surface area contributed by atoms with E-state index in [9.17, 15) is 23.7 Å². The summed E-state index contributed by atoms with van der Waals surface area (Å²) in [6.07, 6.45) is 0.785. The number of carbonyl (C=O) groups excluding carboxylic acids is 1. The Balaban J connectivity index is 1.33. The summed E-state index contributed by atoms with van der Waals surface area (Å²) in [6, 6.07) is 7.12. The Kier molecular flexibility index (Phi) is 8.71. The summed E-state index contributed by atoms with van der Waals surface area (Å²) in [5, 5.41) is 13.5. The highest BCUT2D eigenvalue weighted by Crippen LogP contribution is 2.46. The number of carbonyl (C=O) groups is 1. The Morgan fingerprint density at radius 1 is 1.34 bits per heavy atom. The van der Waals surface area contributed by atoms with Gasteiger partial charge in [-0.05, 0) is 44.7 Å². The Morgan fingerprint density at radius 2 is 2.07 bits per heavy atom. The Bertz CT molecular complexity index is 1470. The number of anilines is 1. The zero-order valence-corrected chi connectivity index (χ0v) is 23.1. The number of ether oxygens (including phenoxy) is 2. The number of aliphatic hydroxyl groups excluding tert-OH is 1. The summed E-state index contributed by atoms with van der Waals surface area (Å²) < 4.78 is 52.1. The van der Waals surface area contributed by atoms with E-state index in [0.717, 1.165) is 25.7 Å². The van der Waals surface area contributed by atoms with Gasteiger partial charge in [-0.3, -0.25) is 28.1 Å². The minimum atomic E-state index is -4.27. The van der Waals surface area contributed by atoms with Gasteiger partial charge < -0.3 is 24.8 Å². The summed E-state index contributed by atoms with van der Waals surface area (Å²) in [5.74, 6) is -1.69. The van der Waals surface area contributed by atoms with Crippen molar-refractivity contribution in [1.82, 2.24) is 24.6 Å². The number of benzene rings is 1. The van der Waals surface area contributed by atoms with Crippen LogP contribution in [0.4, 0.5) is 10.3 Å². The van der Waals surface area contributed by atoms with Crippen molar-refractivity contribution in [3.63, 3.8) is 0 Å². The number of aliphatic hydroxyl groups is 1. The zero-order chi connectivity index (χ0) is 29.1. The molecule has 1 aliphatic carbocycles. The number of nitrogens with two attached hydrogens (primary N) is 1. The molecule has 5 rings (SSSR count). The molecule has 14 nitrogen and oxygen atoms in total. The average molecular weight is 595 g/mol. The number of alkyl halides is 1. The van der Waals surface area contributed by atoms with Gasteiger partial charge in [0.15, 0.2) is 17.4 Å². The van der Waals surface area contributed by atoms with Crippen LogP contribution < -0.4 is 20.9 Å². The summed E-state index contributed by atoms with van der Waals surface area (Å²) in [7, 11) is -4.27. The van der Waals surface area contributed by atoms with E-state index in [4.69, 9.17) is 24.3 Å². The molecule has 2 aliphatic rings. The predicted octanol–water partition coefficient (Wildman–Crippen LogP) is 2.21. The number of aromatic nitrogens is 4. The lowest BCUT2D eigenvalue weighted by Gasteiger charge is -2.25. The maximum absolute atomic E-state index is 14.1. The summed E-state index contributed by atoms with van der Waals surface area (Å²) >= 11 is 0. The Labute approximate surface area is 233 Å². The normalized spacial score (nSPS) is 25.2. The molecule has 16 heteroatoms. The first-order chi connectivity index (χ1) is 19.7. The van der Waals surface area contributed by atoms with Crippen LogP contribution in [-0.4, -0.2) is 68.2 Å². The molecule has 0 amide bonds. The number of nitrogen functional groups attached to an aromatic ring is 1. The highest BCUT2D eigenvalue weighted by atomic mass is 31.2. The first-order valence-electron chi connectivity index (χ1n) is 13.3. The van der Waals surface area contributed by atoms with Gasteiger partial charge in [-0.1, -0.05) is 18.2 Å². The van der Waals surface area contributed by atoms with E-state index < -0.39 is 63.0 Å². The highest BCUT2D eigenvalue weighted by Gasteiger charge is 2.47. The van der Waals surface area contributed by atoms with E-state index in [-0.39, 0.29) is 29.0 Å². The number of aromatic amines is 1. The van der Waals surface area contributed by atoms with Gasteiger partial charge in [-0.25, -0.2) is 9.55 Å². The van der Waals surface area contributed by atoms with Crippen molar-refractivity contribution >= 4 is 30.8 Å². The second-order valence-electron chi connectivity index (χ2n) is 10.0. The van der Waals surface area contributed by atoms with Crippen molar-refractivity contribution in [2.75, 3.05) is 19.0 Å². The van der Waals surface area contributed by atoms with Gasteiger partial charge in [0, 0.05) is 5.92 Å². The van der Waals surface area contributed by atoms with Crippen molar-refractivity contribution in [3.8, 4) is 5.75 Å². The number of imidazole rings is 1. The van der Waals surface area contributed by atoms with Crippen molar-refractivity contribution in [2.45, 2.75) is 63.2 Å². The molecule has 6 atom stereocenters. The molecule has 1 aliphatic heterocycles. The number of nitrogens with one attached hydrogen (secondary N) is 2. The maximum atomic E-state index is 14.1. The largest absolute Gasteiger partial charge is 0.461 e. The van der Waals surface area contributed by atoms with Gasteiger partial charge in [0.2, 0.25) is 5.95 Å². The molecule has 222 valence electrons. The molecule has 3 heterocycles. The maximum Gasteiger partial charge on any atom is 0.459 e. The van der Waals surface area contributed by atoms with Gasteiger partial charge >= 0.3 is 13.7 Å². The third-order valence-electron chi connectivity index (χ3n) is 7.09. The van der Waals surface area contributed by atoms with Crippen LogP contribution in [0.5, 0.6) is 5.75 Å². The van der Waals surface area contributed by atoms with Crippen LogP contribution in [0.2, 0.25) is 0 Å². The lowest BCUT2D eigenvalue weighted by Crippen LogP contribution is -2.37. The number of hydrogen-bond donors (Lipinski definition) is 4. The highest BCUT2D eigenvalue weighted by molar-refractivity contribution is 7.52. The second-order valence-corrected chi connectivity index (χ2v) is 11.7. The fraction of sp³-hybridized carbons (Fsp3) is 0.520. The Hall–Kier alpha value is -3.36. The van der Waals surface area contributed by atoms with Gasteiger partial charge in [-0.2, -0.15) is 10.1 Å². The minimum Gasteiger partial charge on any atom is -0.461 e. The monoisotopic (exact) mass is 594 g/mol. The summed E-state index contributed by atoms with van der Waals surface area (Å²) in [6.45, 7) is -0.00920. The van der Waals surface area contributed by atoms with Crippen LogP contribution in [0.3, 0.4) is 0 Å². The number of H-pyrrole nitrogens is 1. The predicted molar refractivity (Wildman–Crippen MR) is 144 cm³/mol. The third-order valence-corrected chi connectivity index (χ3v) is 8.74. The number of fused-ring (bicyclic) bond motifs is 1. The number of halogens is 1. The molecule has 1 saturated heterocycles. The van der Waals surface area contributed by atoms with Crippen molar-refractivity contribution in [3.05, 3.63) is 47.0 Å². The van der Waals surface area contributed by atoms with E-state index >= 15 is 0 Å². The smallest absolute Gasteiger partial charge is 0.459 e. The van der Waals surface area contributed by atoms with Crippen LogP contribution in [0, 0.1) is 5.92 Å². The molecule has 0 spiro atoms. The summed E-state index contributed by atoms with van der Waals surface area (Å²) in [5.41, 5.74) is 5.05. The second kappa shape index (κ2) is 12.2. The molecule has 3 aromatic rings. The molecule has 0 bridgehead atoms. The van der Waals surface area contributed by atoms with E-state index in [1.807, 2.05) is 0 Å². The van der Waals surface area contributed by atoms with E-state index in [1.54, 1.807) is 30.3 Å². The van der Waals surface area contributed by atoms with Crippen LogP contribution >= 0.6 is 7.75 Å². The molecule has 6 unspecified atom stereocenters. The minimum absolute atomic E-state index is 0.0313. The van der Waals surface area contributed by atoms with Crippen LogP contribution in [-0.2, 0) is 23.4 Å². The molecule has 2 aromatic heterocycles. The SMILES string of the molecule is CC(NP(=O)(OCC1OC(n2cnc3c(=O)[nH]c(N)nc32)C(O)C1CF)Oc1ccccc1)C(=O)OC1CCCC1.